The molecule has 2 unspecified atom stereocenters. The lowest BCUT2D eigenvalue weighted by Gasteiger charge is -2.28. The zero-order valence-electron chi connectivity index (χ0n) is 60.9. The molecule has 0 saturated heterocycles. The van der Waals surface area contributed by atoms with Crippen molar-refractivity contribution >= 4 is 19.8 Å². The first-order chi connectivity index (χ1) is 43.5. The van der Waals surface area contributed by atoms with Crippen LogP contribution in [0.5, 0.6) is 0 Å². The summed E-state index contributed by atoms with van der Waals surface area (Å²) in [6, 6.07) is 0. The summed E-state index contributed by atoms with van der Waals surface area (Å²) in [6.45, 7) is 4.35. The highest BCUT2D eigenvalue weighted by Crippen LogP contribution is 2.38. The maximum Gasteiger partial charge on any atom is 0.306 e. The number of carbonyl (C=O) groups excluding carboxylic acids is 2. The van der Waals surface area contributed by atoms with E-state index in [2.05, 4.69) is 13.8 Å². The lowest BCUT2D eigenvalue weighted by molar-refractivity contribution is -0.870. The number of likely N-dealkylation sites (N-methyl/N-ethyl adjacent to an activating group) is 1. The van der Waals surface area contributed by atoms with Gasteiger partial charge in [-0.1, -0.05) is 418 Å². The van der Waals surface area contributed by atoms with Gasteiger partial charge in [-0.3, -0.25) is 14.2 Å². The molecular weight excluding hydrogens is 1120 g/mol. The Bertz CT molecular complexity index is 1460. The van der Waals surface area contributed by atoms with Gasteiger partial charge in [-0.25, -0.2) is 0 Å². The number of esters is 2. The first-order valence-corrected chi connectivity index (χ1v) is 41.7. The number of phosphoric ester groups is 1. The van der Waals surface area contributed by atoms with E-state index in [1.54, 1.807) is 0 Å². The fourth-order valence-corrected chi connectivity index (χ4v) is 13.5. The SMILES string of the molecule is CCCCCCCCCCCCCCCCCCCCCCCCCCCCCCCCCCCCCCCCCCCC(=O)OC(COC(=O)CCCCCCCCCCCCCCCCCCCCCCCCCC)COP(=O)([O-])OCC[N+](C)(C)C. The van der Waals surface area contributed by atoms with Crippen molar-refractivity contribution in [3.63, 3.8) is 0 Å². The predicted octanol–water partition coefficient (Wildman–Crippen LogP) is 25.8. The van der Waals surface area contributed by atoms with E-state index in [0.717, 1.165) is 32.1 Å². The molecule has 89 heavy (non-hydrogen) atoms. The second-order valence-corrected chi connectivity index (χ2v) is 30.6. The van der Waals surface area contributed by atoms with Gasteiger partial charge in [0.15, 0.2) is 6.10 Å². The number of ether oxygens (including phenoxy) is 2. The predicted molar refractivity (Wildman–Crippen MR) is 384 cm³/mol. The standard InChI is InChI=1S/C79H158NO8P/c1-6-8-10-12-14-16-18-20-22-24-26-28-30-32-33-34-35-36-37-38-39-40-41-42-43-44-45-46-47-48-50-52-54-56-58-60-62-64-66-68-70-72-79(82)88-77(76-87-89(83,84)86-74-73-80(3,4)5)75-85-78(81)71-69-67-65-63-61-59-57-55-53-51-49-31-29-27-25-23-21-19-17-15-13-11-9-7-2/h77H,6-76H2,1-5H3. The monoisotopic (exact) mass is 1280 g/mol. The number of carbonyl (C=O) groups is 2. The molecule has 0 aromatic carbocycles. The van der Waals surface area contributed by atoms with Gasteiger partial charge < -0.3 is 27.9 Å². The lowest BCUT2D eigenvalue weighted by Crippen LogP contribution is -2.37. The molecule has 0 rings (SSSR count). The van der Waals surface area contributed by atoms with Gasteiger partial charge in [-0.2, -0.15) is 0 Å². The molecule has 0 aliphatic carbocycles. The fraction of sp³-hybridized carbons (Fsp3) is 0.975. The third-order valence-corrected chi connectivity index (χ3v) is 19.8. The Morgan fingerprint density at radius 2 is 0.506 bits per heavy atom. The lowest BCUT2D eigenvalue weighted by atomic mass is 10.0. The van der Waals surface area contributed by atoms with Gasteiger partial charge in [0.1, 0.15) is 19.8 Å². The topological polar surface area (TPSA) is 111 Å². The minimum absolute atomic E-state index is 0.0247. The van der Waals surface area contributed by atoms with Crippen LogP contribution in [0.25, 0.3) is 0 Å². The minimum Gasteiger partial charge on any atom is -0.756 e. The zero-order chi connectivity index (χ0) is 64.8. The summed E-state index contributed by atoms with van der Waals surface area (Å²) in [5.74, 6) is -0.801. The third kappa shape index (κ3) is 75.9. The first-order valence-electron chi connectivity index (χ1n) is 40.2. The summed E-state index contributed by atoms with van der Waals surface area (Å²) in [5, 5.41) is 0. The molecular formula is C79H158NO8P. The van der Waals surface area contributed by atoms with E-state index in [-0.39, 0.29) is 32.0 Å². The van der Waals surface area contributed by atoms with Gasteiger partial charge in [-0.05, 0) is 12.8 Å². The number of hydrogen-bond acceptors (Lipinski definition) is 8. The second kappa shape index (κ2) is 71.3. The van der Waals surface area contributed by atoms with Crippen LogP contribution >= 0.6 is 7.82 Å². The van der Waals surface area contributed by atoms with Crippen molar-refractivity contribution in [3.05, 3.63) is 0 Å². The van der Waals surface area contributed by atoms with Gasteiger partial charge in [0, 0.05) is 12.8 Å². The summed E-state index contributed by atoms with van der Waals surface area (Å²) in [7, 11) is 1.20. The molecule has 9 nitrogen and oxygen atoms in total. The molecule has 0 N–H and O–H groups in total. The normalized spacial score (nSPS) is 12.9. The van der Waals surface area contributed by atoms with Crippen molar-refractivity contribution < 1.29 is 42.1 Å². The van der Waals surface area contributed by atoms with Gasteiger partial charge >= 0.3 is 11.9 Å². The van der Waals surface area contributed by atoms with Crippen molar-refractivity contribution in [2.75, 3.05) is 47.5 Å². The summed E-state index contributed by atoms with van der Waals surface area (Å²) < 4.78 is 34.4. The molecule has 0 heterocycles. The van der Waals surface area contributed by atoms with Gasteiger partial charge in [0.05, 0.1) is 27.7 Å². The number of unbranched alkanes of at least 4 members (excludes halogenated alkanes) is 63. The smallest absolute Gasteiger partial charge is 0.306 e. The summed E-state index contributed by atoms with van der Waals surface area (Å²) in [5.41, 5.74) is 0. The van der Waals surface area contributed by atoms with Gasteiger partial charge in [0.2, 0.25) is 0 Å². The minimum atomic E-state index is -4.64. The molecule has 0 bridgehead atoms. The average Bonchev–Trinajstić information content (AvgIpc) is 3.60. The second-order valence-electron chi connectivity index (χ2n) is 29.2. The molecule has 0 aliphatic heterocycles. The van der Waals surface area contributed by atoms with E-state index in [4.69, 9.17) is 18.5 Å². The quantitative estimate of drug-likeness (QED) is 0.0256. The molecule has 0 aliphatic rings. The Morgan fingerprint density at radius 3 is 0.719 bits per heavy atom. The largest absolute Gasteiger partial charge is 0.756 e. The van der Waals surface area contributed by atoms with Crippen LogP contribution in [0.15, 0.2) is 0 Å². The molecule has 2 atom stereocenters. The van der Waals surface area contributed by atoms with Crippen molar-refractivity contribution in [2.24, 2.45) is 0 Å². The maximum atomic E-state index is 12.9. The summed E-state index contributed by atoms with van der Waals surface area (Å²) >= 11 is 0. The van der Waals surface area contributed by atoms with Crippen molar-refractivity contribution in [1.82, 2.24) is 0 Å². The average molecular weight is 1280 g/mol. The van der Waals surface area contributed by atoms with E-state index in [1.165, 1.54) is 379 Å². The van der Waals surface area contributed by atoms with E-state index in [0.29, 0.717) is 17.4 Å². The number of phosphoric acid groups is 1. The molecule has 0 saturated carbocycles. The maximum absolute atomic E-state index is 12.9. The van der Waals surface area contributed by atoms with Gasteiger partial charge in [0.25, 0.3) is 7.82 Å². The third-order valence-electron chi connectivity index (χ3n) is 18.9. The molecule has 0 amide bonds. The van der Waals surface area contributed by atoms with Gasteiger partial charge in [-0.15, -0.1) is 0 Å². The van der Waals surface area contributed by atoms with Crippen molar-refractivity contribution in [2.45, 2.75) is 450 Å². The highest BCUT2D eigenvalue weighted by Gasteiger charge is 2.22. The van der Waals surface area contributed by atoms with Crippen molar-refractivity contribution in [1.29, 1.82) is 0 Å². The molecule has 532 valence electrons. The molecule has 0 fully saturated rings. The number of rotatable bonds is 77. The van der Waals surface area contributed by atoms with Crippen LogP contribution in [-0.2, 0) is 32.7 Å². The first kappa shape index (κ1) is 88.0. The zero-order valence-corrected chi connectivity index (χ0v) is 61.8. The summed E-state index contributed by atoms with van der Waals surface area (Å²) in [4.78, 5) is 38.1. The summed E-state index contributed by atoms with van der Waals surface area (Å²) in [6.07, 6.45) is 88.2. The Kier molecular flexibility index (Phi) is 70.5. The number of hydrogen-bond donors (Lipinski definition) is 0. The van der Waals surface area contributed by atoms with Crippen LogP contribution in [-0.4, -0.2) is 70.0 Å². The Morgan fingerprint density at radius 1 is 0.303 bits per heavy atom. The fourth-order valence-electron chi connectivity index (χ4n) is 12.7. The van der Waals surface area contributed by atoms with Crippen LogP contribution < -0.4 is 4.89 Å². The number of quaternary nitrogens is 1. The van der Waals surface area contributed by atoms with Crippen LogP contribution in [0.2, 0.25) is 0 Å². The van der Waals surface area contributed by atoms with Crippen LogP contribution in [0.1, 0.15) is 444 Å². The van der Waals surface area contributed by atoms with Crippen molar-refractivity contribution in [3.8, 4) is 0 Å². The highest BCUT2D eigenvalue weighted by atomic mass is 31.2. The number of nitrogens with zero attached hydrogens (tertiary/aromatic N) is 1. The molecule has 0 spiro atoms. The van der Waals surface area contributed by atoms with Crippen LogP contribution in [0, 0.1) is 0 Å². The molecule has 0 radical (unpaired) electrons. The Hall–Kier alpha value is -0.990. The Labute approximate surface area is 556 Å². The highest BCUT2D eigenvalue weighted by molar-refractivity contribution is 7.45. The van der Waals surface area contributed by atoms with E-state index in [1.807, 2.05) is 21.1 Å². The Balaban J connectivity index is 3.83. The molecule has 0 aromatic rings. The van der Waals surface area contributed by atoms with Crippen LogP contribution in [0.4, 0.5) is 0 Å². The molecule has 0 aromatic heterocycles. The molecule has 10 heteroatoms. The van der Waals surface area contributed by atoms with Crippen LogP contribution in [0.3, 0.4) is 0 Å². The van der Waals surface area contributed by atoms with E-state index >= 15 is 0 Å². The van der Waals surface area contributed by atoms with E-state index in [9.17, 15) is 19.0 Å². The van der Waals surface area contributed by atoms with E-state index < -0.39 is 26.5 Å².